The van der Waals surface area contributed by atoms with E-state index in [1.165, 1.54) is 12.1 Å². The molecular formula is C15H12ClFO. The number of hydrogen-bond acceptors (Lipinski definition) is 1. The van der Waals surface area contributed by atoms with E-state index in [1.54, 1.807) is 12.1 Å². The molecule has 2 aromatic carbocycles. The number of aliphatic hydroxyl groups is 1. The van der Waals surface area contributed by atoms with Crippen LogP contribution in [0, 0.1) is 5.82 Å². The molecule has 0 bridgehead atoms. The van der Waals surface area contributed by atoms with Gasteiger partial charge in [-0.05, 0) is 41.3 Å². The van der Waals surface area contributed by atoms with Crippen LogP contribution >= 0.6 is 11.6 Å². The third-order valence-electron chi connectivity index (χ3n) is 3.53. The summed E-state index contributed by atoms with van der Waals surface area (Å²) in [5.41, 5.74) is 2.84. The van der Waals surface area contributed by atoms with Crippen LogP contribution in [0.1, 0.15) is 35.1 Å². The molecule has 2 atom stereocenters. The first-order valence-electron chi connectivity index (χ1n) is 5.88. The molecule has 92 valence electrons. The van der Waals surface area contributed by atoms with E-state index in [2.05, 4.69) is 0 Å². The minimum atomic E-state index is -0.492. The molecule has 1 aliphatic carbocycles. The first-order chi connectivity index (χ1) is 8.66. The summed E-state index contributed by atoms with van der Waals surface area (Å²) in [5, 5.41) is 10.7. The zero-order chi connectivity index (χ0) is 12.7. The number of hydrogen-bond donors (Lipinski definition) is 1. The first-order valence-corrected chi connectivity index (χ1v) is 6.26. The summed E-state index contributed by atoms with van der Waals surface area (Å²) in [5.74, 6) is -0.207. The van der Waals surface area contributed by atoms with Gasteiger partial charge in [-0.25, -0.2) is 4.39 Å². The fraction of sp³-hybridized carbons (Fsp3) is 0.200. The monoisotopic (exact) mass is 262 g/mol. The van der Waals surface area contributed by atoms with Crippen LogP contribution in [0.2, 0.25) is 5.02 Å². The maximum Gasteiger partial charge on any atom is 0.123 e. The van der Waals surface area contributed by atoms with E-state index in [-0.39, 0.29) is 11.7 Å². The highest BCUT2D eigenvalue weighted by atomic mass is 35.5. The lowest BCUT2D eigenvalue weighted by molar-refractivity contribution is 0.176. The molecule has 0 aliphatic heterocycles. The SMILES string of the molecule is O[C@@H]1C[C@H](c2ccc(F)cc2)c2c(Cl)cccc21. The van der Waals surface area contributed by atoms with Crippen LogP contribution in [0.3, 0.4) is 0 Å². The van der Waals surface area contributed by atoms with Crippen molar-refractivity contribution in [3.63, 3.8) is 0 Å². The lowest BCUT2D eigenvalue weighted by Crippen LogP contribution is -1.97. The van der Waals surface area contributed by atoms with Crippen molar-refractivity contribution in [3.05, 3.63) is 70.0 Å². The van der Waals surface area contributed by atoms with Gasteiger partial charge in [0.2, 0.25) is 0 Å². The minimum absolute atomic E-state index is 0.0456. The Labute approximate surface area is 110 Å². The highest BCUT2D eigenvalue weighted by molar-refractivity contribution is 6.31. The van der Waals surface area contributed by atoms with Gasteiger partial charge in [-0.1, -0.05) is 35.9 Å². The number of fused-ring (bicyclic) bond motifs is 1. The third kappa shape index (κ3) is 1.82. The Balaban J connectivity index is 2.10. The second-order valence-corrected chi connectivity index (χ2v) is 5.01. The summed E-state index contributed by atoms with van der Waals surface area (Å²) in [4.78, 5) is 0. The molecule has 0 spiro atoms. The number of aliphatic hydroxyl groups excluding tert-OH is 1. The fourth-order valence-electron chi connectivity index (χ4n) is 2.68. The van der Waals surface area contributed by atoms with Crippen molar-refractivity contribution in [2.75, 3.05) is 0 Å². The number of halogens is 2. The maximum absolute atomic E-state index is 13.0. The molecular weight excluding hydrogens is 251 g/mol. The molecule has 1 aliphatic rings. The predicted molar refractivity (Wildman–Crippen MR) is 69.3 cm³/mol. The standard InChI is InChI=1S/C15H12ClFO/c16-13-3-1-2-11-14(18)8-12(15(11)13)9-4-6-10(17)7-5-9/h1-7,12,14,18H,8H2/t12-,14-/m1/s1. The summed E-state index contributed by atoms with van der Waals surface area (Å²) in [6.07, 6.45) is 0.110. The lowest BCUT2D eigenvalue weighted by atomic mass is 9.93. The van der Waals surface area contributed by atoms with Crippen LogP contribution in [-0.2, 0) is 0 Å². The molecule has 0 aromatic heterocycles. The Hall–Kier alpha value is -1.38. The summed E-state index contributed by atoms with van der Waals surface area (Å²) in [7, 11) is 0. The van der Waals surface area contributed by atoms with Crippen molar-refractivity contribution in [3.8, 4) is 0 Å². The highest BCUT2D eigenvalue weighted by Crippen LogP contribution is 2.46. The van der Waals surface area contributed by atoms with Gasteiger partial charge in [-0.15, -0.1) is 0 Å². The Morgan fingerprint density at radius 2 is 1.83 bits per heavy atom. The van der Waals surface area contributed by atoms with Crippen molar-refractivity contribution in [1.29, 1.82) is 0 Å². The molecule has 0 unspecified atom stereocenters. The molecule has 0 saturated heterocycles. The van der Waals surface area contributed by atoms with Crippen molar-refractivity contribution in [2.24, 2.45) is 0 Å². The average molecular weight is 263 g/mol. The van der Waals surface area contributed by atoms with Gasteiger partial charge >= 0.3 is 0 Å². The van der Waals surface area contributed by atoms with Crippen LogP contribution in [-0.4, -0.2) is 5.11 Å². The van der Waals surface area contributed by atoms with E-state index in [1.807, 2.05) is 18.2 Å². The topological polar surface area (TPSA) is 20.2 Å². The van der Waals surface area contributed by atoms with Gasteiger partial charge in [0, 0.05) is 10.9 Å². The largest absolute Gasteiger partial charge is 0.388 e. The summed E-state index contributed by atoms with van der Waals surface area (Å²) >= 11 is 6.23. The van der Waals surface area contributed by atoms with Gasteiger partial charge in [-0.2, -0.15) is 0 Å². The van der Waals surface area contributed by atoms with Gasteiger partial charge in [-0.3, -0.25) is 0 Å². The summed E-state index contributed by atoms with van der Waals surface area (Å²) < 4.78 is 13.0. The highest BCUT2D eigenvalue weighted by Gasteiger charge is 2.32. The van der Waals surface area contributed by atoms with Crippen LogP contribution < -0.4 is 0 Å². The smallest absolute Gasteiger partial charge is 0.123 e. The zero-order valence-electron chi connectivity index (χ0n) is 9.61. The van der Waals surface area contributed by atoms with Crippen molar-refractivity contribution in [2.45, 2.75) is 18.4 Å². The second kappa shape index (κ2) is 4.38. The van der Waals surface area contributed by atoms with E-state index < -0.39 is 6.10 Å². The lowest BCUT2D eigenvalue weighted by Gasteiger charge is -2.13. The van der Waals surface area contributed by atoms with Gasteiger partial charge in [0.1, 0.15) is 5.82 Å². The summed E-state index contributed by atoms with van der Waals surface area (Å²) in [6.45, 7) is 0. The first kappa shape index (κ1) is 11.7. The second-order valence-electron chi connectivity index (χ2n) is 4.60. The molecule has 2 aromatic rings. The van der Waals surface area contributed by atoms with Gasteiger partial charge < -0.3 is 5.11 Å². The molecule has 18 heavy (non-hydrogen) atoms. The van der Waals surface area contributed by atoms with Crippen LogP contribution in [0.4, 0.5) is 4.39 Å². The van der Waals surface area contributed by atoms with E-state index in [0.717, 1.165) is 16.7 Å². The van der Waals surface area contributed by atoms with Crippen molar-refractivity contribution >= 4 is 11.6 Å². The van der Waals surface area contributed by atoms with Crippen molar-refractivity contribution in [1.82, 2.24) is 0 Å². The van der Waals surface area contributed by atoms with Crippen molar-refractivity contribution < 1.29 is 9.50 Å². The van der Waals surface area contributed by atoms with Crippen LogP contribution in [0.5, 0.6) is 0 Å². The Bertz CT molecular complexity index is 580. The maximum atomic E-state index is 13.0. The Morgan fingerprint density at radius 1 is 1.11 bits per heavy atom. The van der Waals surface area contributed by atoms with E-state index in [9.17, 15) is 9.50 Å². The average Bonchev–Trinajstić information content (AvgIpc) is 2.70. The van der Waals surface area contributed by atoms with E-state index in [0.29, 0.717) is 11.4 Å². The molecule has 0 amide bonds. The predicted octanol–water partition coefficient (Wildman–Crippen LogP) is 4.05. The van der Waals surface area contributed by atoms with Gasteiger partial charge in [0.05, 0.1) is 6.10 Å². The normalized spacial score (nSPS) is 21.9. The zero-order valence-corrected chi connectivity index (χ0v) is 10.4. The third-order valence-corrected chi connectivity index (χ3v) is 3.86. The molecule has 1 N–H and O–H groups in total. The molecule has 0 saturated carbocycles. The van der Waals surface area contributed by atoms with E-state index >= 15 is 0 Å². The van der Waals surface area contributed by atoms with Crippen LogP contribution in [0.25, 0.3) is 0 Å². The molecule has 0 radical (unpaired) electrons. The van der Waals surface area contributed by atoms with Gasteiger partial charge in [0.25, 0.3) is 0 Å². The summed E-state index contributed by atoms with van der Waals surface area (Å²) in [6, 6.07) is 12.0. The Morgan fingerprint density at radius 3 is 2.56 bits per heavy atom. The fourth-order valence-corrected chi connectivity index (χ4v) is 2.99. The van der Waals surface area contributed by atoms with Gasteiger partial charge in [0.15, 0.2) is 0 Å². The Kier molecular flexibility index (Phi) is 2.84. The minimum Gasteiger partial charge on any atom is -0.388 e. The molecule has 3 rings (SSSR count). The molecule has 1 nitrogen and oxygen atoms in total. The molecule has 0 fully saturated rings. The quantitative estimate of drug-likeness (QED) is 0.822. The van der Waals surface area contributed by atoms with Crippen LogP contribution in [0.15, 0.2) is 42.5 Å². The van der Waals surface area contributed by atoms with E-state index in [4.69, 9.17) is 11.6 Å². The molecule has 0 heterocycles. The number of rotatable bonds is 1. The number of benzene rings is 2. The molecule has 3 heteroatoms.